The molecule has 4 aromatic carbocycles. The van der Waals surface area contributed by atoms with Gasteiger partial charge in [-0.1, -0.05) is 66.2 Å². The van der Waals surface area contributed by atoms with Gasteiger partial charge in [0, 0.05) is 23.0 Å². The molecule has 3 aliphatic rings. The third-order valence-corrected chi connectivity index (χ3v) is 9.26. The maximum absolute atomic E-state index is 15.0. The van der Waals surface area contributed by atoms with Gasteiger partial charge >= 0.3 is 0 Å². The first-order chi connectivity index (χ1) is 20.9. The molecule has 0 aromatic heterocycles. The Balaban J connectivity index is 1.54. The highest BCUT2D eigenvalue weighted by molar-refractivity contribution is 6.34. The van der Waals surface area contributed by atoms with E-state index in [0.717, 1.165) is 11.1 Å². The SMILES string of the molecule is COc1ccc(C(=O)[C@@H]2[C@@H](C(=O)c3ccccc3Cl)N3C=Cc4ccccc4[C@@H]3[C@]23C(=O)Nc2ccccc23)cc1OC. The molecule has 0 unspecified atom stereocenters. The first kappa shape index (κ1) is 27.0. The Bertz CT molecular complexity index is 1850. The first-order valence-corrected chi connectivity index (χ1v) is 14.3. The number of hydrogen-bond donors (Lipinski definition) is 1. The smallest absolute Gasteiger partial charge is 0.238 e. The van der Waals surface area contributed by atoms with Crippen molar-refractivity contribution in [3.05, 3.63) is 130 Å². The summed E-state index contributed by atoms with van der Waals surface area (Å²) < 4.78 is 10.9. The Morgan fingerprint density at radius 3 is 2.37 bits per heavy atom. The molecule has 3 heterocycles. The third-order valence-electron chi connectivity index (χ3n) is 8.93. The molecule has 4 aromatic rings. The highest BCUT2D eigenvalue weighted by Gasteiger charge is 2.70. The molecule has 3 aliphatic heterocycles. The molecule has 0 saturated carbocycles. The van der Waals surface area contributed by atoms with Crippen LogP contribution in [0.3, 0.4) is 0 Å². The van der Waals surface area contributed by atoms with Gasteiger partial charge in [-0.05, 0) is 59.2 Å². The molecule has 7 rings (SSSR count). The van der Waals surface area contributed by atoms with Crippen molar-refractivity contribution in [2.45, 2.75) is 17.5 Å². The fourth-order valence-electron chi connectivity index (χ4n) is 7.16. The van der Waals surface area contributed by atoms with Gasteiger partial charge in [-0.15, -0.1) is 0 Å². The highest BCUT2D eigenvalue weighted by Crippen LogP contribution is 2.62. The van der Waals surface area contributed by atoms with E-state index in [0.29, 0.717) is 28.3 Å². The van der Waals surface area contributed by atoms with Crippen molar-refractivity contribution in [3.8, 4) is 11.5 Å². The van der Waals surface area contributed by atoms with E-state index in [2.05, 4.69) is 5.32 Å². The number of halogens is 1. The van der Waals surface area contributed by atoms with E-state index >= 15 is 4.79 Å². The number of methoxy groups -OCH3 is 2. The summed E-state index contributed by atoms with van der Waals surface area (Å²) in [6, 6.07) is 25.2. The number of ketones is 2. The number of carbonyl (C=O) groups is 3. The van der Waals surface area contributed by atoms with Crippen LogP contribution in [0, 0.1) is 5.92 Å². The summed E-state index contributed by atoms with van der Waals surface area (Å²) in [4.78, 5) is 46.1. The van der Waals surface area contributed by atoms with E-state index in [9.17, 15) is 9.59 Å². The van der Waals surface area contributed by atoms with E-state index in [4.69, 9.17) is 21.1 Å². The monoisotopic (exact) mass is 590 g/mol. The molecule has 0 bridgehead atoms. The minimum absolute atomic E-state index is 0.278. The molecule has 0 radical (unpaired) electrons. The van der Waals surface area contributed by atoms with Gasteiger partial charge in [-0.3, -0.25) is 14.4 Å². The second-order valence-electron chi connectivity index (χ2n) is 10.9. The fourth-order valence-corrected chi connectivity index (χ4v) is 7.39. The Morgan fingerprint density at radius 2 is 1.58 bits per heavy atom. The topological polar surface area (TPSA) is 84.9 Å². The number of fused-ring (bicyclic) bond motifs is 6. The molecule has 4 atom stereocenters. The summed E-state index contributed by atoms with van der Waals surface area (Å²) in [5.41, 5.74) is 2.22. The lowest BCUT2D eigenvalue weighted by Crippen LogP contribution is -2.49. The van der Waals surface area contributed by atoms with Crippen molar-refractivity contribution in [3.63, 3.8) is 0 Å². The number of nitrogens with zero attached hydrogens (tertiary/aromatic N) is 1. The summed E-state index contributed by atoms with van der Waals surface area (Å²) in [6.45, 7) is 0. The predicted octanol–water partition coefficient (Wildman–Crippen LogP) is 6.34. The van der Waals surface area contributed by atoms with Crippen molar-refractivity contribution < 1.29 is 23.9 Å². The lowest BCUT2D eigenvalue weighted by atomic mass is 9.62. The average molecular weight is 591 g/mol. The van der Waals surface area contributed by atoms with E-state index in [-0.39, 0.29) is 28.1 Å². The average Bonchev–Trinajstić information content (AvgIpc) is 3.52. The molecule has 1 fully saturated rings. The second-order valence-corrected chi connectivity index (χ2v) is 11.3. The van der Waals surface area contributed by atoms with Gasteiger partial charge in [0.2, 0.25) is 5.91 Å². The van der Waals surface area contributed by atoms with Crippen LogP contribution in [-0.4, -0.2) is 42.6 Å². The maximum atomic E-state index is 15.0. The molecule has 1 N–H and O–H groups in total. The summed E-state index contributed by atoms with van der Waals surface area (Å²) in [7, 11) is 3.01. The van der Waals surface area contributed by atoms with Gasteiger partial charge < -0.3 is 19.7 Å². The Kier molecular flexibility index (Phi) is 6.36. The zero-order valence-electron chi connectivity index (χ0n) is 23.4. The van der Waals surface area contributed by atoms with Crippen LogP contribution >= 0.6 is 11.6 Å². The minimum Gasteiger partial charge on any atom is -0.493 e. The van der Waals surface area contributed by atoms with Crippen LogP contribution in [0.1, 0.15) is 43.4 Å². The molecule has 1 saturated heterocycles. The first-order valence-electron chi connectivity index (χ1n) is 13.9. The lowest BCUT2D eigenvalue weighted by molar-refractivity contribution is -0.122. The van der Waals surface area contributed by atoms with Crippen molar-refractivity contribution in [2.75, 3.05) is 19.5 Å². The van der Waals surface area contributed by atoms with Crippen molar-refractivity contribution in [1.82, 2.24) is 4.90 Å². The number of Topliss-reactive ketones (excluding diaryl/α,β-unsaturated/α-hetero) is 2. The Labute approximate surface area is 253 Å². The third kappa shape index (κ3) is 3.78. The van der Waals surface area contributed by atoms with Crippen LogP contribution < -0.4 is 14.8 Å². The molecule has 7 nitrogen and oxygen atoms in total. The number of carbonyl (C=O) groups excluding carboxylic acids is 3. The largest absolute Gasteiger partial charge is 0.493 e. The summed E-state index contributed by atoms with van der Waals surface area (Å²) >= 11 is 6.58. The quantitative estimate of drug-likeness (QED) is 0.264. The number of anilines is 1. The molecule has 0 aliphatic carbocycles. The number of amides is 1. The number of nitrogens with one attached hydrogen (secondary N) is 1. The summed E-state index contributed by atoms with van der Waals surface area (Å²) in [6.07, 6.45) is 3.76. The zero-order chi connectivity index (χ0) is 29.9. The fraction of sp³-hybridized carbons (Fsp3) is 0.171. The van der Waals surface area contributed by atoms with Gasteiger partial charge in [-0.2, -0.15) is 0 Å². The van der Waals surface area contributed by atoms with E-state index in [1.807, 2.05) is 65.7 Å². The van der Waals surface area contributed by atoms with Crippen LogP contribution in [-0.2, 0) is 10.2 Å². The Hall–Kier alpha value is -4.88. The van der Waals surface area contributed by atoms with Crippen LogP contribution in [0.5, 0.6) is 11.5 Å². The second kappa shape index (κ2) is 10.1. The lowest BCUT2D eigenvalue weighted by Gasteiger charge is -2.38. The van der Waals surface area contributed by atoms with Crippen molar-refractivity contribution >= 4 is 40.8 Å². The summed E-state index contributed by atoms with van der Waals surface area (Å²) in [5.74, 6) is -1.33. The standard InChI is InChI=1S/C35H27ClN2O5/c1-42-27-16-15-21(19-28(27)43-2)31(39)29-30(32(40)23-11-5-7-13-25(23)36)38-18-17-20-9-3-4-10-22(20)33(38)35(29)24-12-6-8-14-26(24)37-34(35)41/h3-19,29-30,33H,1-2H3,(H,37,41)/t29-,30-,33+,35+/m0/s1. The van der Waals surface area contributed by atoms with Gasteiger partial charge in [-0.25, -0.2) is 0 Å². The summed E-state index contributed by atoms with van der Waals surface area (Å²) in [5, 5.41) is 3.34. The molecular weight excluding hydrogens is 564 g/mol. The molecule has 1 spiro atoms. The van der Waals surface area contributed by atoms with Gasteiger partial charge in [0.15, 0.2) is 23.1 Å². The molecular formula is C35H27ClN2O5. The van der Waals surface area contributed by atoms with E-state index in [1.165, 1.54) is 14.2 Å². The molecule has 43 heavy (non-hydrogen) atoms. The van der Waals surface area contributed by atoms with Crippen LogP contribution in [0.2, 0.25) is 5.02 Å². The van der Waals surface area contributed by atoms with Crippen LogP contribution in [0.15, 0.2) is 97.2 Å². The number of ether oxygens (including phenoxy) is 2. The number of rotatable bonds is 6. The number of para-hydroxylation sites is 1. The van der Waals surface area contributed by atoms with Crippen molar-refractivity contribution in [1.29, 1.82) is 0 Å². The highest BCUT2D eigenvalue weighted by atomic mass is 35.5. The predicted molar refractivity (Wildman–Crippen MR) is 164 cm³/mol. The van der Waals surface area contributed by atoms with E-state index in [1.54, 1.807) is 42.5 Å². The molecule has 214 valence electrons. The Morgan fingerprint density at radius 1 is 0.860 bits per heavy atom. The molecule has 1 amide bonds. The van der Waals surface area contributed by atoms with Crippen molar-refractivity contribution in [2.24, 2.45) is 5.92 Å². The van der Waals surface area contributed by atoms with Gasteiger partial charge in [0.05, 0.1) is 31.2 Å². The van der Waals surface area contributed by atoms with E-state index < -0.39 is 23.4 Å². The van der Waals surface area contributed by atoms with Gasteiger partial charge in [0.1, 0.15) is 11.5 Å². The normalized spacial score (nSPS) is 22.9. The van der Waals surface area contributed by atoms with Gasteiger partial charge in [0.25, 0.3) is 0 Å². The maximum Gasteiger partial charge on any atom is 0.238 e. The van der Waals surface area contributed by atoms with Crippen LogP contribution in [0.25, 0.3) is 6.08 Å². The number of hydrogen-bond acceptors (Lipinski definition) is 6. The number of benzene rings is 4. The zero-order valence-corrected chi connectivity index (χ0v) is 24.2. The van der Waals surface area contributed by atoms with Crippen LogP contribution in [0.4, 0.5) is 5.69 Å². The molecule has 8 heteroatoms. The minimum atomic E-state index is -1.44.